The van der Waals surface area contributed by atoms with E-state index in [0.29, 0.717) is 42.8 Å². The number of hydrogen-bond acceptors (Lipinski definition) is 4. The van der Waals surface area contributed by atoms with Crippen LogP contribution in [-0.4, -0.2) is 40.1 Å². The van der Waals surface area contributed by atoms with Crippen LogP contribution in [0.3, 0.4) is 0 Å². The van der Waals surface area contributed by atoms with E-state index >= 15 is 0 Å². The lowest BCUT2D eigenvalue weighted by atomic mass is 10.1. The molecule has 1 unspecified atom stereocenters. The maximum atomic E-state index is 13.0. The second-order valence-corrected chi connectivity index (χ2v) is 6.76. The molecular formula is C21H21N3O4. The number of nitrogens with one attached hydrogen (secondary N) is 1. The molecule has 2 aromatic carbocycles. The Morgan fingerprint density at radius 2 is 1.96 bits per heavy atom. The second kappa shape index (κ2) is 7.44. The summed E-state index contributed by atoms with van der Waals surface area (Å²) in [4.78, 5) is 41.3. The number of hydrogen-bond donors (Lipinski definition) is 1. The lowest BCUT2D eigenvalue weighted by molar-refractivity contribution is -0.0228. The van der Waals surface area contributed by atoms with E-state index in [4.69, 9.17) is 4.74 Å². The number of carbonyl (C=O) groups is 1. The Morgan fingerprint density at radius 3 is 2.71 bits per heavy atom. The summed E-state index contributed by atoms with van der Waals surface area (Å²) in [5.41, 5.74) is 1.31. The van der Waals surface area contributed by atoms with Crippen molar-refractivity contribution in [2.75, 3.05) is 19.7 Å². The molecule has 1 aliphatic heterocycles. The minimum absolute atomic E-state index is 0.124. The van der Waals surface area contributed by atoms with Crippen molar-refractivity contribution >= 4 is 16.9 Å². The van der Waals surface area contributed by atoms with Crippen LogP contribution in [0.4, 0.5) is 0 Å². The molecule has 0 saturated carbocycles. The molecule has 0 bridgehead atoms. The van der Waals surface area contributed by atoms with Crippen molar-refractivity contribution in [3.63, 3.8) is 0 Å². The number of fused-ring (bicyclic) bond motifs is 1. The minimum atomic E-state index is -0.686. The van der Waals surface area contributed by atoms with Crippen LogP contribution in [-0.2, 0) is 11.3 Å². The van der Waals surface area contributed by atoms with Crippen LogP contribution < -0.4 is 11.1 Å². The van der Waals surface area contributed by atoms with Crippen molar-refractivity contribution < 1.29 is 9.53 Å². The predicted molar refractivity (Wildman–Crippen MR) is 106 cm³/mol. The normalized spacial score (nSPS) is 17.0. The summed E-state index contributed by atoms with van der Waals surface area (Å²) in [6.45, 7) is 3.62. The number of H-pyrrole nitrogens is 1. The van der Waals surface area contributed by atoms with Crippen molar-refractivity contribution in [3.8, 4) is 0 Å². The van der Waals surface area contributed by atoms with E-state index in [0.717, 1.165) is 5.56 Å². The van der Waals surface area contributed by atoms with E-state index in [1.165, 1.54) is 4.57 Å². The van der Waals surface area contributed by atoms with Crippen LogP contribution in [0.2, 0.25) is 0 Å². The van der Waals surface area contributed by atoms with Gasteiger partial charge in [-0.15, -0.1) is 0 Å². The van der Waals surface area contributed by atoms with Gasteiger partial charge in [0.25, 0.3) is 5.91 Å². The lowest BCUT2D eigenvalue weighted by Crippen LogP contribution is -2.42. The predicted octanol–water partition coefficient (Wildman–Crippen LogP) is 1.92. The van der Waals surface area contributed by atoms with Gasteiger partial charge in [0.1, 0.15) is 6.10 Å². The van der Waals surface area contributed by atoms with Gasteiger partial charge in [-0.25, -0.2) is 0 Å². The Morgan fingerprint density at radius 1 is 1.18 bits per heavy atom. The number of ether oxygens (including phenoxy) is 1. The van der Waals surface area contributed by atoms with Gasteiger partial charge in [0, 0.05) is 18.7 Å². The second-order valence-electron chi connectivity index (χ2n) is 6.76. The molecule has 1 atom stereocenters. The average Bonchev–Trinajstić information content (AvgIpc) is 2.74. The number of amides is 1. The number of aromatic amines is 1. The highest BCUT2D eigenvalue weighted by Gasteiger charge is 2.26. The molecule has 1 aromatic heterocycles. The van der Waals surface area contributed by atoms with E-state index in [1.54, 1.807) is 30.0 Å². The smallest absolute Gasteiger partial charge is 0.316 e. The van der Waals surface area contributed by atoms with Crippen LogP contribution in [0.5, 0.6) is 0 Å². The van der Waals surface area contributed by atoms with Crippen LogP contribution in [0, 0.1) is 0 Å². The van der Waals surface area contributed by atoms with E-state index in [1.807, 2.05) is 30.3 Å². The molecular weight excluding hydrogens is 358 g/mol. The Hall–Kier alpha value is -3.19. The van der Waals surface area contributed by atoms with Crippen LogP contribution in [0.15, 0.2) is 58.1 Å². The fourth-order valence-electron chi connectivity index (χ4n) is 3.61. The fourth-order valence-corrected chi connectivity index (χ4v) is 3.61. The third kappa shape index (κ3) is 3.25. The topological polar surface area (TPSA) is 84.4 Å². The van der Waals surface area contributed by atoms with Gasteiger partial charge in [0.2, 0.25) is 0 Å². The van der Waals surface area contributed by atoms with Gasteiger partial charge in [-0.3, -0.25) is 14.4 Å². The van der Waals surface area contributed by atoms with Gasteiger partial charge in [0.05, 0.1) is 24.2 Å². The molecule has 4 rings (SSSR count). The maximum absolute atomic E-state index is 13.0. The van der Waals surface area contributed by atoms with E-state index in [9.17, 15) is 14.4 Å². The van der Waals surface area contributed by atoms with E-state index in [-0.39, 0.29) is 12.0 Å². The first-order valence-corrected chi connectivity index (χ1v) is 9.31. The van der Waals surface area contributed by atoms with E-state index in [2.05, 4.69) is 4.98 Å². The first-order valence-electron chi connectivity index (χ1n) is 9.31. The molecule has 0 aliphatic carbocycles. The van der Waals surface area contributed by atoms with Gasteiger partial charge < -0.3 is 19.2 Å². The monoisotopic (exact) mass is 379 g/mol. The highest BCUT2D eigenvalue weighted by atomic mass is 16.5. The molecule has 144 valence electrons. The standard InChI is InChI=1S/C21H21N3O4/c1-2-24-17-9-8-15(12-16(17)22-19(25)21(24)27)20(26)23-10-11-28-18(13-23)14-6-4-3-5-7-14/h3-9,12,18H,2,10-11,13H2,1H3,(H,22,25). The molecule has 7 heteroatoms. The Kier molecular flexibility index (Phi) is 4.83. The summed E-state index contributed by atoms with van der Waals surface area (Å²) in [5.74, 6) is -0.124. The summed E-state index contributed by atoms with van der Waals surface area (Å²) < 4.78 is 7.24. The Balaban J connectivity index is 1.64. The molecule has 3 aromatic rings. The van der Waals surface area contributed by atoms with Crippen LogP contribution in [0.25, 0.3) is 11.0 Å². The third-order valence-corrected chi connectivity index (χ3v) is 5.06. The van der Waals surface area contributed by atoms with Crippen molar-refractivity contribution in [3.05, 3.63) is 80.4 Å². The fraction of sp³-hybridized carbons (Fsp3) is 0.286. The zero-order valence-electron chi connectivity index (χ0n) is 15.6. The van der Waals surface area contributed by atoms with Gasteiger partial charge in [-0.05, 0) is 30.7 Å². The molecule has 1 amide bonds. The first-order chi connectivity index (χ1) is 13.6. The Labute approximate surface area is 161 Å². The SMILES string of the molecule is CCn1c(=O)c(=O)[nH]c2cc(C(=O)N3CCOC(c4ccccc4)C3)ccc21. The molecule has 7 nitrogen and oxygen atoms in total. The maximum Gasteiger partial charge on any atom is 0.316 e. The average molecular weight is 379 g/mol. The number of nitrogens with zero attached hydrogens (tertiary/aromatic N) is 2. The zero-order valence-corrected chi connectivity index (χ0v) is 15.6. The summed E-state index contributed by atoms with van der Waals surface area (Å²) in [6, 6.07) is 14.9. The minimum Gasteiger partial charge on any atom is -0.370 e. The Bertz CT molecular complexity index is 1130. The highest BCUT2D eigenvalue weighted by molar-refractivity contribution is 5.97. The van der Waals surface area contributed by atoms with Crippen molar-refractivity contribution in [1.82, 2.24) is 14.5 Å². The number of benzene rings is 2. The molecule has 1 fully saturated rings. The van der Waals surface area contributed by atoms with Gasteiger partial charge >= 0.3 is 11.1 Å². The summed E-state index contributed by atoms with van der Waals surface area (Å²) in [7, 11) is 0. The number of aryl methyl sites for hydroxylation is 1. The molecule has 2 heterocycles. The molecule has 0 spiro atoms. The third-order valence-electron chi connectivity index (χ3n) is 5.06. The number of rotatable bonds is 3. The summed E-state index contributed by atoms with van der Waals surface area (Å²) in [6.07, 6.45) is -0.163. The molecule has 1 saturated heterocycles. The molecule has 1 N–H and O–H groups in total. The number of carbonyl (C=O) groups excluding carboxylic acids is 1. The number of morpholine rings is 1. The van der Waals surface area contributed by atoms with E-state index < -0.39 is 11.1 Å². The van der Waals surface area contributed by atoms with Crippen LogP contribution in [0.1, 0.15) is 28.9 Å². The molecule has 28 heavy (non-hydrogen) atoms. The quantitative estimate of drug-likeness (QED) is 0.705. The molecule has 0 radical (unpaired) electrons. The first kappa shape index (κ1) is 18.2. The summed E-state index contributed by atoms with van der Waals surface area (Å²) in [5, 5.41) is 0. The number of aromatic nitrogens is 2. The van der Waals surface area contributed by atoms with Gasteiger partial charge in [-0.2, -0.15) is 0 Å². The van der Waals surface area contributed by atoms with Gasteiger partial charge in [0.15, 0.2) is 0 Å². The lowest BCUT2D eigenvalue weighted by Gasteiger charge is -2.33. The van der Waals surface area contributed by atoms with Crippen molar-refractivity contribution in [2.45, 2.75) is 19.6 Å². The largest absolute Gasteiger partial charge is 0.370 e. The molecule has 1 aliphatic rings. The van der Waals surface area contributed by atoms with Crippen molar-refractivity contribution in [1.29, 1.82) is 0 Å². The zero-order chi connectivity index (χ0) is 19.7. The van der Waals surface area contributed by atoms with Gasteiger partial charge in [-0.1, -0.05) is 30.3 Å². The highest BCUT2D eigenvalue weighted by Crippen LogP contribution is 2.23. The summed E-state index contributed by atoms with van der Waals surface area (Å²) >= 11 is 0. The van der Waals surface area contributed by atoms with Crippen molar-refractivity contribution in [2.24, 2.45) is 0 Å². The van der Waals surface area contributed by atoms with Crippen LogP contribution >= 0.6 is 0 Å².